The molecule has 1 fully saturated rings. The fourth-order valence-corrected chi connectivity index (χ4v) is 4.67. The standard InChI is InChI=1S/C22H30BrFN4O2S/c1-6-13(4)25-18-14(7-2)15-19(17(24)16(18)23)26-21(31-8-3)27-20(15)28-9-10-30-12-22(5,29)11-28/h7,13,29H,6,8-12H2,1-5H3/b14-7-,25-18?. The topological polar surface area (TPSA) is 70.8 Å². The highest BCUT2D eigenvalue weighted by molar-refractivity contribution is 9.12. The van der Waals surface area contributed by atoms with Gasteiger partial charge in [0.1, 0.15) is 17.1 Å². The van der Waals surface area contributed by atoms with Gasteiger partial charge in [0, 0.05) is 18.2 Å². The van der Waals surface area contributed by atoms with Crippen LogP contribution in [0.25, 0.3) is 11.4 Å². The van der Waals surface area contributed by atoms with Gasteiger partial charge in [0.05, 0.1) is 35.5 Å². The van der Waals surface area contributed by atoms with Crippen molar-refractivity contribution in [1.29, 1.82) is 0 Å². The number of aliphatic hydroxyl groups is 1. The van der Waals surface area contributed by atoms with Crippen LogP contribution in [0, 0.1) is 0 Å². The number of ether oxygens (including phenoxy) is 1. The molecular formula is C22H30BrFN4O2S. The second kappa shape index (κ2) is 10.1. The molecule has 2 aliphatic rings. The number of halogens is 2. The van der Waals surface area contributed by atoms with Crippen LogP contribution in [-0.2, 0) is 4.74 Å². The second-order valence-corrected chi connectivity index (χ2v) is 10.0. The lowest BCUT2D eigenvalue weighted by Gasteiger charge is -2.32. The van der Waals surface area contributed by atoms with E-state index in [4.69, 9.17) is 14.7 Å². The summed E-state index contributed by atoms with van der Waals surface area (Å²) in [6, 6.07) is 0.0402. The van der Waals surface area contributed by atoms with Crippen LogP contribution in [0.5, 0.6) is 0 Å². The zero-order valence-electron chi connectivity index (χ0n) is 18.7. The summed E-state index contributed by atoms with van der Waals surface area (Å²) in [6.07, 6.45) is 2.77. The highest BCUT2D eigenvalue weighted by atomic mass is 79.9. The lowest BCUT2D eigenvalue weighted by Crippen LogP contribution is -2.42. The van der Waals surface area contributed by atoms with Gasteiger partial charge in [-0.3, -0.25) is 4.99 Å². The van der Waals surface area contributed by atoms with Crippen LogP contribution in [0.15, 0.2) is 20.7 Å². The molecule has 1 aliphatic heterocycles. The summed E-state index contributed by atoms with van der Waals surface area (Å²) in [7, 11) is 0. The van der Waals surface area contributed by atoms with E-state index in [9.17, 15) is 5.11 Å². The van der Waals surface area contributed by atoms with Gasteiger partial charge in [-0.15, -0.1) is 0 Å². The molecule has 31 heavy (non-hydrogen) atoms. The molecule has 0 saturated carbocycles. The lowest BCUT2D eigenvalue weighted by molar-refractivity contribution is -0.0123. The number of thioether (sulfide) groups is 1. The Morgan fingerprint density at radius 2 is 2.16 bits per heavy atom. The first-order valence-corrected chi connectivity index (χ1v) is 12.4. The van der Waals surface area contributed by atoms with Crippen molar-refractivity contribution in [3.8, 4) is 0 Å². The Balaban J connectivity index is 2.27. The maximum atomic E-state index is 15.6. The fourth-order valence-electron chi connectivity index (χ4n) is 3.61. The minimum absolute atomic E-state index is 0.0402. The van der Waals surface area contributed by atoms with Gasteiger partial charge >= 0.3 is 0 Å². The molecule has 9 heteroatoms. The third-order valence-corrected chi connectivity index (χ3v) is 6.71. The molecule has 2 atom stereocenters. The number of rotatable bonds is 5. The van der Waals surface area contributed by atoms with Crippen LogP contribution in [0.1, 0.15) is 52.3 Å². The van der Waals surface area contributed by atoms with E-state index in [1.165, 1.54) is 11.8 Å². The van der Waals surface area contributed by atoms with E-state index in [1.54, 1.807) is 6.92 Å². The van der Waals surface area contributed by atoms with E-state index in [0.717, 1.165) is 17.7 Å². The number of hydrogen-bond acceptors (Lipinski definition) is 7. The van der Waals surface area contributed by atoms with Crippen LogP contribution in [-0.4, -0.2) is 64.5 Å². The summed E-state index contributed by atoms with van der Waals surface area (Å²) in [6.45, 7) is 11.3. The van der Waals surface area contributed by atoms with Crippen LogP contribution in [0.3, 0.4) is 0 Å². The maximum Gasteiger partial charge on any atom is 0.190 e. The number of aliphatic imine (C=N–C) groups is 1. The van der Waals surface area contributed by atoms with E-state index in [2.05, 4.69) is 27.8 Å². The molecule has 0 amide bonds. The van der Waals surface area contributed by atoms with E-state index in [-0.39, 0.29) is 18.3 Å². The van der Waals surface area contributed by atoms with Gasteiger partial charge in [-0.2, -0.15) is 0 Å². The van der Waals surface area contributed by atoms with Gasteiger partial charge in [-0.1, -0.05) is 31.7 Å². The molecule has 3 rings (SSSR count). The number of allylic oxidation sites excluding steroid dienone is 3. The number of fused-ring (bicyclic) bond motifs is 1. The van der Waals surface area contributed by atoms with Gasteiger partial charge in [0.15, 0.2) is 11.0 Å². The highest BCUT2D eigenvalue weighted by Crippen LogP contribution is 2.44. The molecule has 1 aromatic heterocycles. The SMILES string of the molecule is C/C=C1\C(=NC(C)CC)C(Br)=C(F)c2nc(SCC)nc(N3CCOCC(C)(O)C3)c21. The Morgan fingerprint density at radius 1 is 1.42 bits per heavy atom. The van der Waals surface area contributed by atoms with E-state index >= 15 is 4.39 Å². The molecule has 1 aromatic rings. The minimum atomic E-state index is -1.04. The molecule has 1 saturated heterocycles. The summed E-state index contributed by atoms with van der Waals surface area (Å²) >= 11 is 4.90. The molecule has 1 aliphatic carbocycles. The lowest BCUT2D eigenvalue weighted by atomic mass is 9.92. The van der Waals surface area contributed by atoms with Gasteiger partial charge in [0.2, 0.25) is 0 Å². The Morgan fingerprint density at radius 3 is 2.81 bits per heavy atom. The van der Waals surface area contributed by atoms with Crippen molar-refractivity contribution in [2.45, 2.75) is 57.8 Å². The Labute approximate surface area is 196 Å². The molecule has 0 radical (unpaired) electrons. The van der Waals surface area contributed by atoms with Crippen LogP contribution in [0.2, 0.25) is 0 Å². The average molecular weight is 513 g/mol. The first kappa shape index (κ1) is 24.4. The smallest absolute Gasteiger partial charge is 0.190 e. The van der Waals surface area contributed by atoms with Gasteiger partial charge < -0.3 is 14.7 Å². The summed E-state index contributed by atoms with van der Waals surface area (Å²) < 4.78 is 21.5. The summed E-state index contributed by atoms with van der Waals surface area (Å²) in [5.74, 6) is 0.928. The van der Waals surface area contributed by atoms with Crippen molar-refractivity contribution in [3.63, 3.8) is 0 Å². The van der Waals surface area contributed by atoms with Crippen molar-refractivity contribution in [3.05, 3.63) is 21.8 Å². The summed E-state index contributed by atoms with van der Waals surface area (Å²) in [5, 5.41) is 11.2. The molecule has 170 valence electrons. The normalized spacial score (nSPS) is 25.7. The Bertz CT molecular complexity index is 932. The van der Waals surface area contributed by atoms with Crippen molar-refractivity contribution in [1.82, 2.24) is 9.97 Å². The predicted octanol–water partition coefficient (Wildman–Crippen LogP) is 4.87. The van der Waals surface area contributed by atoms with Crippen molar-refractivity contribution >= 4 is 50.6 Å². The second-order valence-electron chi connectivity index (χ2n) is 8.02. The number of β-amino-alcohol motifs (C(OH)–C–C–N with tert-alkyl or cyclic N) is 1. The van der Waals surface area contributed by atoms with Gasteiger partial charge in [-0.25, -0.2) is 14.4 Å². The largest absolute Gasteiger partial charge is 0.386 e. The zero-order valence-corrected chi connectivity index (χ0v) is 21.1. The summed E-state index contributed by atoms with van der Waals surface area (Å²) in [4.78, 5) is 16.1. The monoisotopic (exact) mass is 512 g/mol. The molecule has 2 unspecified atom stereocenters. The average Bonchev–Trinajstić information content (AvgIpc) is 2.92. The van der Waals surface area contributed by atoms with Crippen molar-refractivity contribution in [2.75, 3.05) is 37.0 Å². The first-order chi connectivity index (χ1) is 14.7. The van der Waals surface area contributed by atoms with Crippen LogP contribution in [0.4, 0.5) is 10.2 Å². The molecule has 0 bridgehead atoms. The number of hydrogen-bond donors (Lipinski definition) is 1. The molecule has 6 nitrogen and oxygen atoms in total. The minimum Gasteiger partial charge on any atom is -0.386 e. The molecule has 2 heterocycles. The fraction of sp³-hybridized carbons (Fsp3) is 0.591. The summed E-state index contributed by atoms with van der Waals surface area (Å²) in [5.41, 5.74) is 1.19. The van der Waals surface area contributed by atoms with Gasteiger partial charge in [0.25, 0.3) is 0 Å². The number of aromatic nitrogens is 2. The van der Waals surface area contributed by atoms with Gasteiger partial charge in [-0.05, 0) is 48.9 Å². The van der Waals surface area contributed by atoms with Crippen LogP contribution < -0.4 is 4.90 Å². The Hall–Kier alpha value is -1.29. The quantitative estimate of drug-likeness (QED) is 0.448. The van der Waals surface area contributed by atoms with E-state index in [0.29, 0.717) is 46.4 Å². The predicted molar refractivity (Wildman–Crippen MR) is 130 cm³/mol. The molecular weight excluding hydrogens is 483 g/mol. The maximum absolute atomic E-state index is 15.6. The molecule has 0 spiro atoms. The molecule has 0 aromatic carbocycles. The van der Waals surface area contributed by atoms with Crippen LogP contribution >= 0.6 is 27.7 Å². The van der Waals surface area contributed by atoms with Crippen molar-refractivity contribution in [2.24, 2.45) is 4.99 Å². The third kappa shape index (κ3) is 5.21. The number of anilines is 1. The van der Waals surface area contributed by atoms with E-state index in [1.807, 2.05) is 31.7 Å². The number of nitrogens with zero attached hydrogens (tertiary/aromatic N) is 4. The van der Waals surface area contributed by atoms with E-state index < -0.39 is 11.4 Å². The third-order valence-electron chi connectivity index (χ3n) is 5.25. The first-order valence-electron chi connectivity index (χ1n) is 10.6. The van der Waals surface area contributed by atoms with Crippen molar-refractivity contribution < 1.29 is 14.2 Å². The zero-order chi connectivity index (χ0) is 22.8. The molecule has 1 N–H and O–H groups in total. The Kier molecular flexibility index (Phi) is 7.94. The highest BCUT2D eigenvalue weighted by Gasteiger charge is 2.36.